The van der Waals surface area contributed by atoms with Crippen LogP contribution in [0.1, 0.15) is 5.56 Å². The standard InChI is InChI=1S/C14H9F3O2/c15-11-6-5-10(8-3-1-2-4-9(8)11)12(18)7-13(19)14(16)17/h1-7,14,18H/p-1/b12-7-. The van der Waals surface area contributed by atoms with Crippen LogP contribution in [-0.2, 0) is 4.79 Å². The summed E-state index contributed by atoms with van der Waals surface area (Å²) in [7, 11) is 0. The maximum Gasteiger partial charge on any atom is 0.299 e. The zero-order chi connectivity index (χ0) is 14.0. The van der Waals surface area contributed by atoms with Gasteiger partial charge in [-0.05, 0) is 23.1 Å². The van der Waals surface area contributed by atoms with Crippen LogP contribution in [0.15, 0.2) is 42.5 Å². The number of halogens is 3. The Labute approximate surface area is 106 Å². The number of hydrogen-bond donors (Lipinski definition) is 0. The number of benzene rings is 2. The monoisotopic (exact) mass is 265 g/mol. The summed E-state index contributed by atoms with van der Waals surface area (Å²) in [5.74, 6) is -2.94. The van der Waals surface area contributed by atoms with Gasteiger partial charge in [-0.2, -0.15) is 0 Å². The van der Waals surface area contributed by atoms with E-state index in [1.54, 1.807) is 12.1 Å². The summed E-state index contributed by atoms with van der Waals surface area (Å²) >= 11 is 0. The Morgan fingerprint density at radius 3 is 2.37 bits per heavy atom. The fraction of sp³-hybridized carbons (Fsp3) is 0.0714. The minimum atomic E-state index is -3.23. The second kappa shape index (κ2) is 5.14. The van der Waals surface area contributed by atoms with Crippen LogP contribution in [0, 0.1) is 5.82 Å². The van der Waals surface area contributed by atoms with E-state index in [-0.39, 0.29) is 16.3 Å². The third-order valence-electron chi connectivity index (χ3n) is 2.62. The van der Waals surface area contributed by atoms with Crippen LogP contribution in [0.3, 0.4) is 0 Å². The van der Waals surface area contributed by atoms with Gasteiger partial charge in [0.1, 0.15) is 5.82 Å². The van der Waals surface area contributed by atoms with E-state index in [4.69, 9.17) is 0 Å². The van der Waals surface area contributed by atoms with Gasteiger partial charge in [0.2, 0.25) is 5.78 Å². The van der Waals surface area contributed by atoms with Crippen LogP contribution in [0.4, 0.5) is 13.2 Å². The summed E-state index contributed by atoms with van der Waals surface area (Å²) in [6.45, 7) is 0. The van der Waals surface area contributed by atoms with E-state index in [0.717, 1.165) is 6.07 Å². The number of fused-ring (bicyclic) bond motifs is 1. The Bertz CT molecular complexity index is 663. The molecule has 0 spiro atoms. The predicted octanol–water partition coefficient (Wildman–Crippen LogP) is 2.51. The van der Waals surface area contributed by atoms with Crippen molar-refractivity contribution in [1.82, 2.24) is 0 Å². The molecule has 2 aromatic carbocycles. The van der Waals surface area contributed by atoms with Crippen molar-refractivity contribution >= 4 is 22.3 Å². The van der Waals surface area contributed by atoms with E-state index in [1.807, 2.05) is 0 Å². The van der Waals surface area contributed by atoms with Crippen LogP contribution < -0.4 is 5.11 Å². The molecule has 0 saturated heterocycles. The number of carbonyl (C=O) groups excluding carboxylic acids is 1. The number of allylic oxidation sites excluding steroid dienone is 1. The first kappa shape index (κ1) is 13.1. The fourth-order valence-electron chi connectivity index (χ4n) is 1.75. The second-order valence-electron chi connectivity index (χ2n) is 3.85. The summed E-state index contributed by atoms with van der Waals surface area (Å²) in [6, 6.07) is 8.38. The molecule has 2 aromatic rings. The SMILES string of the molecule is O=C(/C=C(\[O-])c1ccc(F)c2ccccc12)C(F)F. The summed E-state index contributed by atoms with van der Waals surface area (Å²) in [5, 5.41) is 12.2. The van der Waals surface area contributed by atoms with Gasteiger partial charge in [0.25, 0.3) is 6.43 Å². The van der Waals surface area contributed by atoms with Crippen LogP contribution >= 0.6 is 0 Å². The molecular weight excluding hydrogens is 257 g/mol. The maximum absolute atomic E-state index is 13.5. The molecule has 0 bridgehead atoms. The second-order valence-corrected chi connectivity index (χ2v) is 3.85. The number of hydrogen-bond acceptors (Lipinski definition) is 2. The van der Waals surface area contributed by atoms with Gasteiger partial charge in [0.05, 0.1) is 0 Å². The van der Waals surface area contributed by atoms with Crippen molar-refractivity contribution in [3.63, 3.8) is 0 Å². The van der Waals surface area contributed by atoms with Gasteiger partial charge in [-0.1, -0.05) is 36.1 Å². The zero-order valence-corrected chi connectivity index (χ0v) is 9.57. The Hall–Kier alpha value is -2.30. The van der Waals surface area contributed by atoms with Crippen LogP contribution in [0.25, 0.3) is 16.5 Å². The molecule has 98 valence electrons. The zero-order valence-electron chi connectivity index (χ0n) is 9.57. The summed E-state index contributed by atoms with van der Waals surface area (Å²) in [4.78, 5) is 10.8. The maximum atomic E-state index is 13.5. The van der Waals surface area contributed by atoms with Crippen molar-refractivity contribution in [2.75, 3.05) is 0 Å². The lowest BCUT2D eigenvalue weighted by molar-refractivity contribution is -0.243. The van der Waals surface area contributed by atoms with Crippen LogP contribution in [-0.4, -0.2) is 12.2 Å². The highest BCUT2D eigenvalue weighted by Gasteiger charge is 2.12. The van der Waals surface area contributed by atoms with Gasteiger partial charge in [-0.15, -0.1) is 0 Å². The van der Waals surface area contributed by atoms with Gasteiger partial charge in [-0.3, -0.25) is 4.79 Å². The summed E-state index contributed by atoms with van der Waals surface area (Å²) in [5.41, 5.74) is 0.0194. The highest BCUT2D eigenvalue weighted by atomic mass is 19.3. The molecule has 0 unspecified atom stereocenters. The summed E-state index contributed by atoms with van der Waals surface area (Å²) < 4.78 is 37.7. The highest BCUT2D eigenvalue weighted by molar-refractivity contribution is 6.01. The molecule has 2 rings (SSSR count). The molecular formula is C14H8F3O2-. The van der Waals surface area contributed by atoms with E-state index >= 15 is 0 Å². The average molecular weight is 265 g/mol. The molecule has 0 heterocycles. The molecule has 5 heteroatoms. The largest absolute Gasteiger partial charge is 0.872 e. The Balaban J connectivity index is 2.58. The lowest BCUT2D eigenvalue weighted by Gasteiger charge is -2.15. The van der Waals surface area contributed by atoms with E-state index in [0.29, 0.717) is 6.08 Å². The van der Waals surface area contributed by atoms with Gasteiger partial charge >= 0.3 is 0 Å². The quantitative estimate of drug-likeness (QED) is 0.632. The molecule has 0 radical (unpaired) electrons. The lowest BCUT2D eigenvalue weighted by atomic mass is 10.0. The minimum Gasteiger partial charge on any atom is -0.872 e. The minimum absolute atomic E-state index is 0.0194. The van der Waals surface area contributed by atoms with Gasteiger partial charge in [0, 0.05) is 5.39 Å². The van der Waals surface area contributed by atoms with Crippen molar-refractivity contribution in [3.8, 4) is 0 Å². The first-order chi connectivity index (χ1) is 9.00. The Morgan fingerprint density at radius 2 is 1.74 bits per heavy atom. The normalized spacial score (nSPS) is 12.1. The molecule has 0 aromatic heterocycles. The predicted molar refractivity (Wildman–Crippen MR) is 62.9 cm³/mol. The Morgan fingerprint density at radius 1 is 1.11 bits per heavy atom. The molecule has 2 nitrogen and oxygen atoms in total. The molecule has 0 N–H and O–H groups in total. The molecule has 0 fully saturated rings. The third kappa shape index (κ3) is 2.59. The van der Waals surface area contributed by atoms with E-state index in [9.17, 15) is 23.1 Å². The molecule has 0 aliphatic heterocycles. The number of ketones is 1. The van der Waals surface area contributed by atoms with Crippen LogP contribution in [0.5, 0.6) is 0 Å². The van der Waals surface area contributed by atoms with Crippen molar-refractivity contribution in [2.24, 2.45) is 0 Å². The van der Waals surface area contributed by atoms with E-state index in [2.05, 4.69) is 0 Å². The fourth-order valence-corrected chi connectivity index (χ4v) is 1.75. The first-order valence-corrected chi connectivity index (χ1v) is 5.39. The smallest absolute Gasteiger partial charge is 0.299 e. The highest BCUT2D eigenvalue weighted by Crippen LogP contribution is 2.25. The average Bonchev–Trinajstić information content (AvgIpc) is 2.39. The third-order valence-corrected chi connectivity index (χ3v) is 2.62. The van der Waals surface area contributed by atoms with Crippen molar-refractivity contribution in [3.05, 3.63) is 53.9 Å². The topological polar surface area (TPSA) is 40.1 Å². The molecule has 0 saturated carbocycles. The van der Waals surface area contributed by atoms with Gasteiger partial charge < -0.3 is 5.11 Å². The van der Waals surface area contributed by atoms with Crippen molar-refractivity contribution in [2.45, 2.75) is 6.43 Å². The number of rotatable bonds is 3. The van der Waals surface area contributed by atoms with E-state index < -0.39 is 23.8 Å². The summed E-state index contributed by atoms with van der Waals surface area (Å²) in [6.07, 6.45) is -2.89. The molecule has 0 aliphatic carbocycles. The molecule has 0 aliphatic rings. The number of alkyl halides is 2. The molecule has 19 heavy (non-hydrogen) atoms. The van der Waals surface area contributed by atoms with Gasteiger partial charge in [-0.25, -0.2) is 13.2 Å². The lowest BCUT2D eigenvalue weighted by Crippen LogP contribution is -2.11. The van der Waals surface area contributed by atoms with Crippen molar-refractivity contribution in [1.29, 1.82) is 0 Å². The first-order valence-electron chi connectivity index (χ1n) is 5.39. The molecule has 0 amide bonds. The van der Waals surface area contributed by atoms with Gasteiger partial charge in [0.15, 0.2) is 0 Å². The Kier molecular flexibility index (Phi) is 3.55. The molecule has 0 atom stereocenters. The number of carbonyl (C=O) groups is 1. The van der Waals surface area contributed by atoms with Crippen molar-refractivity contribution < 1.29 is 23.1 Å². The van der Waals surface area contributed by atoms with Crippen LogP contribution in [0.2, 0.25) is 0 Å². The van der Waals surface area contributed by atoms with E-state index in [1.165, 1.54) is 18.2 Å².